The molecule has 1 unspecified atom stereocenters. The molecule has 1 aliphatic rings. The summed E-state index contributed by atoms with van der Waals surface area (Å²) in [5.41, 5.74) is 2.94. The van der Waals surface area contributed by atoms with Crippen molar-refractivity contribution in [1.82, 2.24) is 5.32 Å². The second-order valence-electron chi connectivity index (χ2n) is 5.40. The third-order valence-corrected chi connectivity index (χ3v) is 3.83. The molecule has 0 aromatic carbocycles. The molecule has 0 aliphatic heterocycles. The van der Waals surface area contributed by atoms with Crippen molar-refractivity contribution in [1.29, 1.82) is 0 Å². The van der Waals surface area contributed by atoms with Crippen molar-refractivity contribution in [3.8, 4) is 0 Å². The van der Waals surface area contributed by atoms with Crippen LogP contribution in [0.3, 0.4) is 0 Å². The van der Waals surface area contributed by atoms with E-state index in [9.17, 15) is 0 Å². The Kier molecular flexibility index (Phi) is 4.65. The SMILES string of the molecule is Cc1cc(C(C)NCCC2=CCCCC2)c(C)o1. The number of hydrogen-bond acceptors (Lipinski definition) is 2. The number of furan rings is 1. The summed E-state index contributed by atoms with van der Waals surface area (Å²) >= 11 is 0. The highest BCUT2D eigenvalue weighted by Gasteiger charge is 2.12. The number of hydrogen-bond donors (Lipinski definition) is 1. The Labute approximate surface area is 110 Å². The van der Waals surface area contributed by atoms with E-state index in [1.54, 1.807) is 5.57 Å². The lowest BCUT2D eigenvalue weighted by Gasteiger charge is -2.16. The van der Waals surface area contributed by atoms with Crippen molar-refractivity contribution >= 4 is 0 Å². The highest BCUT2D eigenvalue weighted by atomic mass is 16.3. The van der Waals surface area contributed by atoms with E-state index in [2.05, 4.69) is 24.4 Å². The number of rotatable bonds is 5. The van der Waals surface area contributed by atoms with Crippen LogP contribution in [-0.4, -0.2) is 6.54 Å². The molecule has 2 rings (SSSR count). The van der Waals surface area contributed by atoms with Gasteiger partial charge in [0.15, 0.2) is 0 Å². The van der Waals surface area contributed by atoms with Crippen LogP contribution in [0.25, 0.3) is 0 Å². The molecule has 1 N–H and O–H groups in total. The second-order valence-corrected chi connectivity index (χ2v) is 5.40. The zero-order valence-corrected chi connectivity index (χ0v) is 11.9. The Balaban J connectivity index is 1.79. The first-order valence-corrected chi connectivity index (χ1v) is 7.15. The van der Waals surface area contributed by atoms with Gasteiger partial charge in [0.2, 0.25) is 0 Å². The summed E-state index contributed by atoms with van der Waals surface area (Å²) in [6, 6.07) is 2.53. The normalized spacial score (nSPS) is 17.6. The van der Waals surface area contributed by atoms with Gasteiger partial charge in [0.05, 0.1) is 0 Å². The summed E-state index contributed by atoms with van der Waals surface area (Å²) in [6.45, 7) is 7.34. The van der Waals surface area contributed by atoms with Gasteiger partial charge >= 0.3 is 0 Å². The number of aryl methyl sites for hydroxylation is 2. The maximum atomic E-state index is 5.58. The summed E-state index contributed by atoms with van der Waals surface area (Å²) in [7, 11) is 0. The quantitative estimate of drug-likeness (QED) is 0.778. The minimum atomic E-state index is 0.381. The average molecular weight is 247 g/mol. The molecule has 1 aromatic heterocycles. The van der Waals surface area contributed by atoms with Crippen LogP contribution in [0.5, 0.6) is 0 Å². The molecule has 0 bridgehead atoms. The van der Waals surface area contributed by atoms with Gasteiger partial charge in [-0.25, -0.2) is 0 Å². The first-order valence-electron chi connectivity index (χ1n) is 7.15. The van der Waals surface area contributed by atoms with Gasteiger partial charge in [-0.1, -0.05) is 11.6 Å². The predicted molar refractivity (Wildman–Crippen MR) is 75.8 cm³/mol. The topological polar surface area (TPSA) is 25.2 Å². The zero-order valence-electron chi connectivity index (χ0n) is 11.9. The van der Waals surface area contributed by atoms with Gasteiger partial charge in [-0.15, -0.1) is 0 Å². The van der Waals surface area contributed by atoms with Gasteiger partial charge in [0, 0.05) is 11.6 Å². The van der Waals surface area contributed by atoms with Crippen molar-refractivity contribution in [2.45, 2.75) is 58.9 Å². The fourth-order valence-electron chi connectivity index (χ4n) is 2.77. The molecule has 1 atom stereocenters. The maximum absolute atomic E-state index is 5.58. The molecule has 0 fully saturated rings. The molecular formula is C16H25NO. The second kappa shape index (κ2) is 6.24. The maximum Gasteiger partial charge on any atom is 0.105 e. The standard InChI is InChI=1S/C16H25NO/c1-12-11-16(14(3)18-12)13(2)17-10-9-15-7-5-4-6-8-15/h7,11,13,17H,4-6,8-10H2,1-3H3. The molecular weight excluding hydrogens is 222 g/mol. The van der Waals surface area contributed by atoms with Gasteiger partial charge in [-0.3, -0.25) is 0 Å². The minimum Gasteiger partial charge on any atom is -0.466 e. The Morgan fingerprint density at radius 1 is 1.33 bits per heavy atom. The number of allylic oxidation sites excluding steroid dienone is 1. The monoisotopic (exact) mass is 247 g/mol. The molecule has 1 aliphatic carbocycles. The van der Waals surface area contributed by atoms with Crippen LogP contribution in [0.15, 0.2) is 22.1 Å². The molecule has 1 heterocycles. The Hall–Kier alpha value is -1.02. The van der Waals surface area contributed by atoms with Crippen LogP contribution >= 0.6 is 0 Å². The molecule has 0 saturated heterocycles. The molecule has 1 aromatic rings. The highest BCUT2D eigenvalue weighted by Crippen LogP contribution is 2.22. The fraction of sp³-hybridized carbons (Fsp3) is 0.625. The van der Waals surface area contributed by atoms with Crippen molar-refractivity contribution in [3.63, 3.8) is 0 Å². The van der Waals surface area contributed by atoms with Gasteiger partial charge in [-0.2, -0.15) is 0 Å². The molecule has 100 valence electrons. The molecule has 0 saturated carbocycles. The lowest BCUT2D eigenvalue weighted by Crippen LogP contribution is -2.20. The molecule has 2 heteroatoms. The lowest BCUT2D eigenvalue weighted by atomic mass is 9.97. The van der Waals surface area contributed by atoms with Crippen molar-refractivity contribution in [2.24, 2.45) is 0 Å². The van der Waals surface area contributed by atoms with Crippen molar-refractivity contribution < 1.29 is 4.42 Å². The third-order valence-electron chi connectivity index (χ3n) is 3.83. The predicted octanol–water partition coefficient (Wildman–Crippen LogP) is 4.44. The smallest absolute Gasteiger partial charge is 0.105 e. The summed E-state index contributed by atoms with van der Waals surface area (Å²) in [5.74, 6) is 2.05. The third kappa shape index (κ3) is 3.49. The Morgan fingerprint density at radius 2 is 2.17 bits per heavy atom. The molecule has 0 amide bonds. The van der Waals surface area contributed by atoms with E-state index >= 15 is 0 Å². The first kappa shape index (κ1) is 13.4. The van der Waals surface area contributed by atoms with Crippen LogP contribution in [0.1, 0.15) is 62.2 Å². The van der Waals surface area contributed by atoms with E-state index in [-0.39, 0.29) is 0 Å². The summed E-state index contributed by atoms with van der Waals surface area (Å²) in [4.78, 5) is 0. The Bertz CT molecular complexity index is 417. The van der Waals surface area contributed by atoms with Gasteiger partial charge in [-0.05, 0) is 65.5 Å². The fourth-order valence-corrected chi connectivity index (χ4v) is 2.77. The molecule has 0 spiro atoms. The largest absolute Gasteiger partial charge is 0.466 e. The first-order chi connectivity index (χ1) is 8.66. The van der Waals surface area contributed by atoms with Crippen LogP contribution in [-0.2, 0) is 0 Å². The Morgan fingerprint density at radius 3 is 2.78 bits per heavy atom. The number of nitrogens with one attached hydrogen (secondary N) is 1. The summed E-state index contributed by atoms with van der Waals surface area (Å²) < 4.78 is 5.58. The van der Waals surface area contributed by atoms with Crippen LogP contribution in [0.2, 0.25) is 0 Å². The van der Waals surface area contributed by atoms with Crippen molar-refractivity contribution in [2.75, 3.05) is 6.54 Å². The average Bonchev–Trinajstić information content (AvgIpc) is 2.70. The van der Waals surface area contributed by atoms with Crippen LogP contribution in [0, 0.1) is 13.8 Å². The lowest BCUT2D eigenvalue weighted by molar-refractivity contribution is 0.489. The molecule has 2 nitrogen and oxygen atoms in total. The minimum absolute atomic E-state index is 0.381. The highest BCUT2D eigenvalue weighted by molar-refractivity contribution is 5.23. The van der Waals surface area contributed by atoms with E-state index < -0.39 is 0 Å². The zero-order chi connectivity index (χ0) is 13.0. The molecule has 18 heavy (non-hydrogen) atoms. The van der Waals surface area contributed by atoms with Gasteiger partial charge in [0.25, 0.3) is 0 Å². The van der Waals surface area contributed by atoms with Crippen LogP contribution in [0.4, 0.5) is 0 Å². The van der Waals surface area contributed by atoms with E-state index in [1.165, 1.54) is 37.7 Å². The van der Waals surface area contributed by atoms with E-state index in [0.717, 1.165) is 18.1 Å². The van der Waals surface area contributed by atoms with E-state index in [4.69, 9.17) is 4.42 Å². The summed E-state index contributed by atoms with van der Waals surface area (Å²) in [6.07, 6.45) is 8.97. The van der Waals surface area contributed by atoms with Gasteiger partial charge < -0.3 is 9.73 Å². The summed E-state index contributed by atoms with van der Waals surface area (Å²) in [5, 5.41) is 3.60. The molecule has 0 radical (unpaired) electrons. The van der Waals surface area contributed by atoms with Gasteiger partial charge in [0.1, 0.15) is 11.5 Å². The van der Waals surface area contributed by atoms with Crippen molar-refractivity contribution in [3.05, 3.63) is 34.8 Å². The van der Waals surface area contributed by atoms with Crippen LogP contribution < -0.4 is 5.32 Å². The van der Waals surface area contributed by atoms with E-state index in [1.807, 2.05) is 13.8 Å². The van der Waals surface area contributed by atoms with E-state index in [0.29, 0.717) is 6.04 Å².